The fraction of sp³-hybridized carbons (Fsp3) is 0.259. The highest BCUT2D eigenvalue weighted by Gasteiger charge is 2.32. The number of aliphatic hydroxyl groups excluding tert-OH is 1. The summed E-state index contributed by atoms with van der Waals surface area (Å²) in [7, 11) is -2.57. The Hall–Kier alpha value is -4.29. The van der Waals surface area contributed by atoms with Crippen molar-refractivity contribution in [1.82, 2.24) is 19.9 Å². The van der Waals surface area contributed by atoms with Gasteiger partial charge in [-0.25, -0.2) is 27.7 Å². The van der Waals surface area contributed by atoms with Crippen LogP contribution in [0.2, 0.25) is 0 Å². The zero-order valence-electron chi connectivity index (χ0n) is 21.6. The summed E-state index contributed by atoms with van der Waals surface area (Å²) in [5.41, 5.74) is 0. The van der Waals surface area contributed by atoms with E-state index in [-0.39, 0.29) is 53.8 Å². The predicted octanol–water partition coefficient (Wildman–Crippen LogP) is 4.10. The highest BCUT2D eigenvalue weighted by Crippen LogP contribution is 2.42. The van der Waals surface area contributed by atoms with Crippen molar-refractivity contribution in [2.45, 2.75) is 24.7 Å². The van der Waals surface area contributed by atoms with Gasteiger partial charge in [-0.15, -0.1) is 0 Å². The molecule has 2 aromatic carbocycles. The van der Waals surface area contributed by atoms with E-state index < -0.39 is 10.0 Å². The van der Waals surface area contributed by atoms with Crippen molar-refractivity contribution in [2.24, 2.45) is 0 Å². The molecule has 0 amide bonds. The van der Waals surface area contributed by atoms with Gasteiger partial charge in [-0.1, -0.05) is 37.6 Å². The molecule has 0 saturated carbocycles. The lowest BCUT2D eigenvalue weighted by molar-refractivity contribution is 0.192. The quantitative estimate of drug-likeness (QED) is 0.258. The molecule has 2 heterocycles. The van der Waals surface area contributed by atoms with E-state index >= 15 is 0 Å². The van der Waals surface area contributed by atoms with Gasteiger partial charge < -0.3 is 19.3 Å². The lowest BCUT2D eigenvalue weighted by Crippen LogP contribution is -2.33. The van der Waals surface area contributed by atoms with E-state index in [2.05, 4.69) is 19.9 Å². The minimum atomic E-state index is -4.10. The standard InChI is InChI=1S/C27H29N5O6S/c1-3-4-16-32(39(34,35)22-12-6-5-7-13-22)26-23(38-21-11-8-10-20(19-21)36-2)27(37-18-17-33)31-25(30-26)24-28-14-9-15-29-24/h5-15,19,33H,3-4,16-18H2,1-2H3. The van der Waals surface area contributed by atoms with Crippen molar-refractivity contribution in [3.63, 3.8) is 0 Å². The zero-order chi connectivity index (χ0) is 27.7. The molecule has 4 rings (SSSR count). The van der Waals surface area contributed by atoms with Crippen LogP contribution >= 0.6 is 0 Å². The minimum Gasteiger partial charge on any atom is -0.497 e. The highest BCUT2D eigenvalue weighted by molar-refractivity contribution is 7.92. The molecule has 11 nitrogen and oxygen atoms in total. The van der Waals surface area contributed by atoms with E-state index in [9.17, 15) is 13.5 Å². The Morgan fingerprint density at radius 2 is 1.67 bits per heavy atom. The van der Waals surface area contributed by atoms with E-state index in [1.165, 1.54) is 35.9 Å². The van der Waals surface area contributed by atoms with Crippen LogP contribution in [-0.2, 0) is 10.0 Å². The Kier molecular flexibility index (Phi) is 9.23. The van der Waals surface area contributed by atoms with E-state index in [1.807, 2.05) is 6.92 Å². The molecule has 0 spiro atoms. The van der Waals surface area contributed by atoms with E-state index in [1.54, 1.807) is 48.5 Å². The Labute approximate surface area is 227 Å². The van der Waals surface area contributed by atoms with Crippen LogP contribution in [0.5, 0.6) is 23.1 Å². The van der Waals surface area contributed by atoms with E-state index in [4.69, 9.17) is 14.2 Å². The normalized spacial score (nSPS) is 11.2. The Morgan fingerprint density at radius 1 is 0.923 bits per heavy atom. The number of ether oxygens (including phenoxy) is 3. The molecule has 0 atom stereocenters. The summed E-state index contributed by atoms with van der Waals surface area (Å²) >= 11 is 0. The van der Waals surface area contributed by atoms with Gasteiger partial charge in [-0.05, 0) is 36.8 Å². The zero-order valence-corrected chi connectivity index (χ0v) is 22.4. The lowest BCUT2D eigenvalue weighted by atomic mass is 10.3. The number of nitrogens with zero attached hydrogens (tertiary/aromatic N) is 5. The number of hydrogen-bond donors (Lipinski definition) is 1. The van der Waals surface area contributed by atoms with Gasteiger partial charge in [0.15, 0.2) is 11.6 Å². The number of methoxy groups -OCH3 is 1. The van der Waals surface area contributed by atoms with Crippen molar-refractivity contribution in [3.05, 3.63) is 73.1 Å². The highest BCUT2D eigenvalue weighted by atomic mass is 32.2. The monoisotopic (exact) mass is 551 g/mol. The molecule has 39 heavy (non-hydrogen) atoms. The fourth-order valence-electron chi connectivity index (χ4n) is 3.58. The maximum absolute atomic E-state index is 14.0. The van der Waals surface area contributed by atoms with Crippen LogP contribution in [0.3, 0.4) is 0 Å². The number of aromatic nitrogens is 4. The SMILES string of the molecule is CCCCN(c1nc(-c2ncccn2)nc(OCCO)c1Oc1cccc(OC)c1)S(=O)(=O)c1ccccc1. The van der Waals surface area contributed by atoms with Gasteiger partial charge in [0.2, 0.25) is 11.6 Å². The van der Waals surface area contributed by atoms with Gasteiger partial charge in [-0.3, -0.25) is 0 Å². The first-order valence-corrected chi connectivity index (χ1v) is 13.7. The summed E-state index contributed by atoms with van der Waals surface area (Å²) in [6.07, 6.45) is 4.31. The summed E-state index contributed by atoms with van der Waals surface area (Å²) in [6, 6.07) is 16.5. The van der Waals surface area contributed by atoms with Gasteiger partial charge in [0.1, 0.15) is 18.1 Å². The molecule has 0 unspecified atom stereocenters. The summed E-state index contributed by atoms with van der Waals surface area (Å²) in [4.78, 5) is 17.6. The van der Waals surface area contributed by atoms with E-state index in [0.717, 1.165) is 6.42 Å². The molecule has 0 aliphatic carbocycles. The van der Waals surface area contributed by atoms with Crippen LogP contribution < -0.4 is 18.5 Å². The number of rotatable bonds is 13. The van der Waals surface area contributed by atoms with Gasteiger partial charge in [0.25, 0.3) is 15.9 Å². The molecular weight excluding hydrogens is 522 g/mol. The van der Waals surface area contributed by atoms with Crippen molar-refractivity contribution >= 4 is 15.8 Å². The second-order valence-electron chi connectivity index (χ2n) is 8.17. The van der Waals surface area contributed by atoms with Crippen molar-refractivity contribution < 1.29 is 27.7 Å². The second-order valence-corrected chi connectivity index (χ2v) is 10.0. The first-order valence-electron chi connectivity index (χ1n) is 12.3. The summed E-state index contributed by atoms with van der Waals surface area (Å²) in [5.74, 6) is 0.872. The van der Waals surface area contributed by atoms with Crippen LogP contribution in [0, 0.1) is 0 Å². The van der Waals surface area contributed by atoms with Gasteiger partial charge in [0, 0.05) is 25.0 Å². The van der Waals surface area contributed by atoms with Crippen molar-refractivity contribution in [2.75, 3.05) is 31.2 Å². The smallest absolute Gasteiger partial charge is 0.265 e. The maximum Gasteiger partial charge on any atom is 0.265 e. The van der Waals surface area contributed by atoms with Gasteiger partial charge in [0.05, 0.1) is 18.6 Å². The average molecular weight is 552 g/mol. The van der Waals surface area contributed by atoms with Crippen molar-refractivity contribution in [1.29, 1.82) is 0 Å². The van der Waals surface area contributed by atoms with Crippen LogP contribution in [0.4, 0.5) is 5.82 Å². The third kappa shape index (κ3) is 6.59. The maximum atomic E-state index is 14.0. The number of anilines is 1. The molecule has 0 aliphatic rings. The molecular formula is C27H29N5O6S. The van der Waals surface area contributed by atoms with Gasteiger partial charge >= 0.3 is 0 Å². The third-order valence-electron chi connectivity index (χ3n) is 5.46. The molecule has 12 heteroatoms. The molecule has 1 N–H and O–H groups in total. The molecule has 0 aliphatic heterocycles. The molecule has 0 fully saturated rings. The number of aliphatic hydroxyl groups is 1. The van der Waals surface area contributed by atoms with Crippen LogP contribution in [-0.4, -0.2) is 60.3 Å². The molecule has 4 aromatic rings. The minimum absolute atomic E-state index is 0.0290. The van der Waals surface area contributed by atoms with Crippen LogP contribution in [0.15, 0.2) is 78.0 Å². The van der Waals surface area contributed by atoms with Crippen LogP contribution in [0.1, 0.15) is 19.8 Å². The Morgan fingerprint density at radius 3 is 2.36 bits per heavy atom. The molecule has 204 valence electrons. The van der Waals surface area contributed by atoms with Gasteiger partial charge in [-0.2, -0.15) is 4.98 Å². The average Bonchev–Trinajstić information content (AvgIpc) is 2.98. The number of hydrogen-bond acceptors (Lipinski definition) is 10. The van der Waals surface area contributed by atoms with Crippen molar-refractivity contribution in [3.8, 4) is 34.8 Å². The molecule has 2 aromatic heterocycles. The van der Waals surface area contributed by atoms with Crippen LogP contribution in [0.25, 0.3) is 11.6 Å². The summed E-state index contributed by atoms with van der Waals surface area (Å²) in [5, 5.41) is 9.48. The molecule has 0 radical (unpaired) electrons. The Bertz CT molecular complexity index is 1470. The summed E-state index contributed by atoms with van der Waals surface area (Å²) < 4.78 is 46.4. The fourth-order valence-corrected chi connectivity index (χ4v) is 5.05. The summed E-state index contributed by atoms with van der Waals surface area (Å²) in [6.45, 7) is 1.63. The first-order chi connectivity index (χ1) is 19.0. The second kappa shape index (κ2) is 13.0. The largest absolute Gasteiger partial charge is 0.497 e. The molecule has 0 saturated heterocycles. The predicted molar refractivity (Wildman–Crippen MR) is 145 cm³/mol. The third-order valence-corrected chi connectivity index (χ3v) is 7.26. The number of sulfonamides is 1. The van der Waals surface area contributed by atoms with E-state index in [0.29, 0.717) is 17.9 Å². The lowest BCUT2D eigenvalue weighted by Gasteiger charge is -2.26. The number of benzene rings is 2. The molecule has 0 bridgehead atoms. The number of unbranched alkanes of at least 4 members (excludes halogenated alkanes) is 1. The first kappa shape index (κ1) is 27.7. The Balaban J connectivity index is 1.98. The topological polar surface area (TPSA) is 137 Å².